The molecule has 4 nitrogen and oxygen atoms in total. The highest BCUT2D eigenvalue weighted by Gasteiger charge is 2.09. The molecule has 1 unspecified atom stereocenters. The van der Waals surface area contributed by atoms with E-state index in [1.807, 2.05) is 37.3 Å². The predicted octanol–water partition coefficient (Wildman–Crippen LogP) is 3.28. The molecule has 0 fully saturated rings. The number of anilines is 1. The van der Waals surface area contributed by atoms with Crippen LogP contribution in [0, 0.1) is 6.92 Å². The van der Waals surface area contributed by atoms with Gasteiger partial charge in [-0.2, -0.15) is 0 Å². The Morgan fingerprint density at radius 3 is 2.62 bits per heavy atom. The fourth-order valence-electron chi connectivity index (χ4n) is 2.21. The fourth-order valence-corrected chi connectivity index (χ4v) is 2.21. The number of nitrogens with two attached hydrogens (primary N) is 1. The molecule has 0 aromatic heterocycles. The van der Waals surface area contributed by atoms with Crippen LogP contribution in [-0.2, 0) is 0 Å². The third-order valence-electron chi connectivity index (χ3n) is 3.48. The van der Waals surface area contributed by atoms with Crippen molar-refractivity contribution in [3.63, 3.8) is 0 Å². The fraction of sp³-hybridized carbons (Fsp3) is 0.235. The van der Waals surface area contributed by atoms with Gasteiger partial charge in [0.15, 0.2) is 0 Å². The summed E-state index contributed by atoms with van der Waals surface area (Å²) in [5.74, 6) is 0.424. The van der Waals surface area contributed by atoms with Crippen LogP contribution in [0.5, 0.6) is 5.75 Å². The molecule has 0 bridgehead atoms. The predicted molar refractivity (Wildman–Crippen MR) is 84.7 cm³/mol. The van der Waals surface area contributed by atoms with Gasteiger partial charge in [-0.25, -0.2) is 0 Å². The molecule has 0 saturated carbocycles. The van der Waals surface area contributed by atoms with E-state index in [-0.39, 0.29) is 6.04 Å². The molecule has 0 saturated heterocycles. The Hall–Kier alpha value is -2.49. The van der Waals surface area contributed by atoms with Gasteiger partial charge in [-0.3, -0.25) is 4.79 Å². The molecule has 0 aliphatic rings. The second-order valence-corrected chi connectivity index (χ2v) is 5.04. The van der Waals surface area contributed by atoms with Gasteiger partial charge in [0.2, 0.25) is 5.91 Å². The molecule has 2 rings (SSSR count). The van der Waals surface area contributed by atoms with E-state index in [1.165, 1.54) is 0 Å². The Morgan fingerprint density at radius 1 is 1.24 bits per heavy atom. The molecular formula is C17H20N2O2. The van der Waals surface area contributed by atoms with Crippen molar-refractivity contribution in [3.8, 4) is 5.75 Å². The number of primary amides is 1. The number of nitrogens with one attached hydrogen (secondary N) is 1. The lowest BCUT2D eigenvalue weighted by Gasteiger charge is -2.18. The molecule has 2 aromatic rings. The monoisotopic (exact) mass is 284 g/mol. The van der Waals surface area contributed by atoms with Crippen molar-refractivity contribution >= 4 is 11.6 Å². The molecule has 0 aliphatic heterocycles. The molecule has 1 atom stereocenters. The van der Waals surface area contributed by atoms with Crippen molar-refractivity contribution < 1.29 is 9.53 Å². The molecule has 110 valence electrons. The Labute approximate surface area is 124 Å². The van der Waals surface area contributed by atoms with E-state index in [4.69, 9.17) is 10.5 Å². The summed E-state index contributed by atoms with van der Waals surface area (Å²) in [5, 5.41) is 3.44. The van der Waals surface area contributed by atoms with E-state index in [1.54, 1.807) is 19.2 Å². The number of amides is 1. The van der Waals surface area contributed by atoms with E-state index < -0.39 is 5.91 Å². The molecule has 4 heteroatoms. The van der Waals surface area contributed by atoms with Crippen LogP contribution in [0.2, 0.25) is 0 Å². The van der Waals surface area contributed by atoms with Crippen molar-refractivity contribution in [2.24, 2.45) is 5.73 Å². The molecule has 21 heavy (non-hydrogen) atoms. The largest absolute Gasteiger partial charge is 0.497 e. The third kappa shape index (κ3) is 3.54. The quantitative estimate of drug-likeness (QED) is 0.885. The van der Waals surface area contributed by atoms with Crippen LogP contribution in [0.15, 0.2) is 42.5 Å². The number of hydrogen-bond donors (Lipinski definition) is 2. The zero-order valence-corrected chi connectivity index (χ0v) is 12.5. The van der Waals surface area contributed by atoms with Gasteiger partial charge in [0, 0.05) is 17.3 Å². The number of rotatable bonds is 5. The number of methoxy groups -OCH3 is 1. The van der Waals surface area contributed by atoms with Gasteiger partial charge in [0.25, 0.3) is 0 Å². The molecule has 1 amide bonds. The Balaban J connectivity index is 2.19. The summed E-state index contributed by atoms with van der Waals surface area (Å²) >= 11 is 0. The van der Waals surface area contributed by atoms with E-state index >= 15 is 0 Å². The summed E-state index contributed by atoms with van der Waals surface area (Å²) in [6.45, 7) is 4.03. The minimum Gasteiger partial charge on any atom is -0.497 e. The summed E-state index contributed by atoms with van der Waals surface area (Å²) in [4.78, 5) is 11.2. The first kappa shape index (κ1) is 14.9. The van der Waals surface area contributed by atoms with Gasteiger partial charge >= 0.3 is 0 Å². The van der Waals surface area contributed by atoms with Crippen LogP contribution in [0.25, 0.3) is 0 Å². The highest BCUT2D eigenvalue weighted by atomic mass is 16.5. The van der Waals surface area contributed by atoms with Crippen LogP contribution >= 0.6 is 0 Å². The molecule has 0 spiro atoms. The lowest BCUT2D eigenvalue weighted by Crippen LogP contribution is -2.12. The number of aryl methyl sites for hydroxylation is 1. The van der Waals surface area contributed by atoms with Crippen molar-refractivity contribution in [1.82, 2.24) is 0 Å². The van der Waals surface area contributed by atoms with Crippen LogP contribution in [0.3, 0.4) is 0 Å². The number of hydrogen-bond acceptors (Lipinski definition) is 3. The number of ether oxygens (including phenoxy) is 1. The second-order valence-electron chi connectivity index (χ2n) is 5.04. The van der Waals surface area contributed by atoms with Crippen LogP contribution in [-0.4, -0.2) is 13.0 Å². The lowest BCUT2D eigenvalue weighted by molar-refractivity contribution is 0.1000. The van der Waals surface area contributed by atoms with Gasteiger partial charge in [0.05, 0.1) is 7.11 Å². The first-order valence-electron chi connectivity index (χ1n) is 6.82. The van der Waals surface area contributed by atoms with Gasteiger partial charge < -0.3 is 15.8 Å². The number of benzene rings is 2. The van der Waals surface area contributed by atoms with E-state index in [9.17, 15) is 4.79 Å². The zero-order valence-electron chi connectivity index (χ0n) is 12.5. The lowest BCUT2D eigenvalue weighted by atomic mass is 10.1. The Kier molecular flexibility index (Phi) is 4.48. The maximum absolute atomic E-state index is 11.2. The third-order valence-corrected chi connectivity index (χ3v) is 3.48. The molecule has 2 aromatic carbocycles. The van der Waals surface area contributed by atoms with E-state index in [0.717, 1.165) is 22.6 Å². The minimum atomic E-state index is -0.412. The van der Waals surface area contributed by atoms with Crippen molar-refractivity contribution in [3.05, 3.63) is 59.2 Å². The minimum absolute atomic E-state index is 0.123. The Bertz CT molecular complexity index is 653. The maximum atomic E-state index is 11.2. The summed E-state index contributed by atoms with van der Waals surface area (Å²) in [6.07, 6.45) is 0. The number of carbonyl (C=O) groups is 1. The van der Waals surface area contributed by atoms with Gasteiger partial charge in [-0.15, -0.1) is 0 Å². The van der Waals surface area contributed by atoms with Crippen molar-refractivity contribution in [2.45, 2.75) is 19.9 Å². The second kappa shape index (κ2) is 6.31. The van der Waals surface area contributed by atoms with Crippen molar-refractivity contribution in [2.75, 3.05) is 12.4 Å². The summed E-state index contributed by atoms with van der Waals surface area (Å²) < 4.78 is 5.24. The molecule has 0 aliphatic carbocycles. The topological polar surface area (TPSA) is 64.3 Å². The highest BCUT2D eigenvalue weighted by molar-refractivity contribution is 5.93. The van der Waals surface area contributed by atoms with Gasteiger partial charge in [0.1, 0.15) is 5.75 Å². The van der Waals surface area contributed by atoms with Crippen LogP contribution < -0.4 is 15.8 Å². The van der Waals surface area contributed by atoms with Crippen LogP contribution in [0.4, 0.5) is 5.69 Å². The summed E-state index contributed by atoms with van der Waals surface area (Å²) in [7, 11) is 1.66. The SMILES string of the molecule is COc1cccc(C(C)Nc2ccc(C(N)=O)cc2C)c1. The first-order chi connectivity index (χ1) is 10.0. The van der Waals surface area contributed by atoms with E-state index in [2.05, 4.69) is 12.2 Å². The number of carbonyl (C=O) groups excluding carboxylic acids is 1. The molecule has 3 N–H and O–H groups in total. The average Bonchev–Trinajstić information content (AvgIpc) is 2.49. The standard InChI is InChI=1S/C17H20N2O2/c1-11-9-14(17(18)20)7-8-16(11)19-12(2)13-5-4-6-15(10-13)21-3/h4-10,12,19H,1-3H3,(H2,18,20). The maximum Gasteiger partial charge on any atom is 0.248 e. The Morgan fingerprint density at radius 2 is 2.00 bits per heavy atom. The summed E-state index contributed by atoms with van der Waals surface area (Å²) in [6, 6.07) is 13.5. The molecule has 0 radical (unpaired) electrons. The average molecular weight is 284 g/mol. The highest BCUT2D eigenvalue weighted by Crippen LogP contribution is 2.25. The molecular weight excluding hydrogens is 264 g/mol. The van der Waals surface area contributed by atoms with Crippen molar-refractivity contribution in [1.29, 1.82) is 0 Å². The van der Waals surface area contributed by atoms with Gasteiger partial charge in [-0.05, 0) is 55.3 Å². The summed E-state index contributed by atoms with van der Waals surface area (Å²) in [5.41, 5.74) is 8.91. The first-order valence-corrected chi connectivity index (χ1v) is 6.82. The van der Waals surface area contributed by atoms with Crippen LogP contribution in [0.1, 0.15) is 34.5 Å². The smallest absolute Gasteiger partial charge is 0.248 e. The zero-order chi connectivity index (χ0) is 15.4. The molecule has 0 heterocycles. The van der Waals surface area contributed by atoms with E-state index in [0.29, 0.717) is 5.56 Å². The normalized spacial score (nSPS) is 11.8. The van der Waals surface area contributed by atoms with Gasteiger partial charge in [-0.1, -0.05) is 12.1 Å².